The van der Waals surface area contributed by atoms with Gasteiger partial charge in [-0.1, -0.05) is 31.9 Å². The molecule has 0 saturated carbocycles. The van der Waals surface area contributed by atoms with Crippen molar-refractivity contribution in [1.29, 1.82) is 0 Å². The molecule has 0 unspecified atom stereocenters. The molecular formula is C15H20N2O. The third kappa shape index (κ3) is 2.92. The number of rotatable bonds is 5. The lowest BCUT2D eigenvalue weighted by atomic mass is 10.1. The minimum atomic E-state index is 0.339. The van der Waals surface area contributed by atoms with Gasteiger partial charge in [0.2, 0.25) is 0 Å². The molecule has 1 N–H and O–H groups in total. The number of aromatic hydroxyl groups is 1. The van der Waals surface area contributed by atoms with Gasteiger partial charge in [0.15, 0.2) is 0 Å². The van der Waals surface area contributed by atoms with E-state index in [0.29, 0.717) is 5.75 Å². The molecule has 0 spiro atoms. The highest BCUT2D eigenvalue weighted by Gasteiger charge is 2.04. The topological polar surface area (TPSA) is 38.0 Å². The summed E-state index contributed by atoms with van der Waals surface area (Å²) >= 11 is 0. The Bertz CT molecular complexity index is 517. The van der Waals surface area contributed by atoms with E-state index < -0.39 is 0 Å². The van der Waals surface area contributed by atoms with E-state index in [-0.39, 0.29) is 0 Å². The van der Waals surface area contributed by atoms with Crippen LogP contribution in [0.1, 0.15) is 31.7 Å². The smallest absolute Gasteiger partial charge is 0.119 e. The van der Waals surface area contributed by atoms with Gasteiger partial charge in [-0.15, -0.1) is 0 Å². The van der Waals surface area contributed by atoms with Crippen LogP contribution in [0.2, 0.25) is 0 Å². The molecule has 3 heteroatoms. The fourth-order valence-electron chi connectivity index (χ4n) is 1.95. The van der Waals surface area contributed by atoms with Crippen LogP contribution in [-0.4, -0.2) is 14.9 Å². The van der Waals surface area contributed by atoms with Crippen molar-refractivity contribution in [2.24, 2.45) is 0 Å². The number of phenolic OH excluding ortho intramolecular Hbond substituents is 1. The second-order valence-corrected chi connectivity index (χ2v) is 4.70. The van der Waals surface area contributed by atoms with E-state index in [0.717, 1.165) is 29.7 Å². The van der Waals surface area contributed by atoms with Crippen molar-refractivity contribution in [3.05, 3.63) is 36.2 Å². The molecular weight excluding hydrogens is 224 g/mol. The molecule has 3 nitrogen and oxygen atoms in total. The maximum atomic E-state index is 9.71. The molecule has 0 amide bonds. The van der Waals surface area contributed by atoms with Crippen LogP contribution >= 0.6 is 0 Å². The van der Waals surface area contributed by atoms with E-state index in [4.69, 9.17) is 0 Å². The normalized spacial score (nSPS) is 10.8. The van der Waals surface area contributed by atoms with Crippen molar-refractivity contribution in [3.63, 3.8) is 0 Å². The molecule has 18 heavy (non-hydrogen) atoms. The maximum absolute atomic E-state index is 9.71. The average Bonchev–Trinajstić information content (AvgIpc) is 2.82. The fourth-order valence-corrected chi connectivity index (χ4v) is 1.95. The van der Waals surface area contributed by atoms with E-state index >= 15 is 0 Å². The van der Waals surface area contributed by atoms with Gasteiger partial charge in [-0.2, -0.15) is 5.10 Å². The Labute approximate surface area is 108 Å². The summed E-state index contributed by atoms with van der Waals surface area (Å²) < 4.78 is 1.97. The largest absolute Gasteiger partial charge is 0.508 e. The standard InChI is InChI=1S/C15H20N2O/c1-3-4-5-8-17-11-14(10-16-17)13-7-6-12(2)15(18)9-13/h6-7,9-11,18H,3-5,8H2,1-2H3. The Morgan fingerprint density at radius 3 is 2.78 bits per heavy atom. The monoisotopic (exact) mass is 244 g/mol. The summed E-state index contributed by atoms with van der Waals surface area (Å²) in [6.07, 6.45) is 7.52. The molecule has 96 valence electrons. The van der Waals surface area contributed by atoms with Crippen LogP contribution in [0, 0.1) is 6.92 Å². The van der Waals surface area contributed by atoms with Crippen LogP contribution in [0.15, 0.2) is 30.6 Å². The number of aromatic nitrogens is 2. The SMILES string of the molecule is CCCCCn1cc(-c2ccc(C)c(O)c2)cn1. The molecule has 1 aromatic heterocycles. The van der Waals surface area contributed by atoms with Gasteiger partial charge in [-0.3, -0.25) is 4.68 Å². The average molecular weight is 244 g/mol. The first kappa shape index (κ1) is 12.7. The minimum absolute atomic E-state index is 0.339. The van der Waals surface area contributed by atoms with Crippen molar-refractivity contribution >= 4 is 0 Å². The molecule has 0 radical (unpaired) electrons. The van der Waals surface area contributed by atoms with Crippen molar-refractivity contribution < 1.29 is 5.11 Å². The summed E-state index contributed by atoms with van der Waals surface area (Å²) in [4.78, 5) is 0. The van der Waals surface area contributed by atoms with Crippen LogP contribution < -0.4 is 0 Å². The molecule has 0 aliphatic carbocycles. The first-order valence-electron chi connectivity index (χ1n) is 6.53. The van der Waals surface area contributed by atoms with Crippen molar-refractivity contribution in [3.8, 4) is 16.9 Å². The quantitative estimate of drug-likeness (QED) is 0.813. The molecule has 0 fully saturated rings. The van der Waals surface area contributed by atoms with E-state index in [2.05, 4.69) is 12.0 Å². The Kier molecular flexibility index (Phi) is 4.03. The first-order valence-corrected chi connectivity index (χ1v) is 6.53. The van der Waals surface area contributed by atoms with E-state index in [9.17, 15) is 5.11 Å². The zero-order valence-electron chi connectivity index (χ0n) is 11.1. The van der Waals surface area contributed by atoms with Crippen molar-refractivity contribution in [1.82, 2.24) is 9.78 Å². The summed E-state index contributed by atoms with van der Waals surface area (Å²) in [5.41, 5.74) is 2.97. The molecule has 0 bridgehead atoms. The zero-order valence-corrected chi connectivity index (χ0v) is 11.1. The Hall–Kier alpha value is -1.77. The highest BCUT2D eigenvalue weighted by Crippen LogP contribution is 2.25. The van der Waals surface area contributed by atoms with Gasteiger partial charge in [-0.05, 0) is 30.5 Å². The summed E-state index contributed by atoms with van der Waals surface area (Å²) in [6, 6.07) is 5.74. The van der Waals surface area contributed by atoms with Crippen LogP contribution in [0.3, 0.4) is 0 Å². The summed E-state index contributed by atoms with van der Waals surface area (Å²) in [5, 5.41) is 14.1. The maximum Gasteiger partial charge on any atom is 0.119 e. The number of benzene rings is 1. The predicted molar refractivity (Wildman–Crippen MR) is 73.6 cm³/mol. The van der Waals surface area contributed by atoms with Gasteiger partial charge >= 0.3 is 0 Å². The molecule has 0 aliphatic rings. The summed E-state index contributed by atoms with van der Waals surface area (Å²) in [6.45, 7) is 5.06. The van der Waals surface area contributed by atoms with Gasteiger partial charge in [-0.25, -0.2) is 0 Å². The van der Waals surface area contributed by atoms with Crippen molar-refractivity contribution in [2.75, 3.05) is 0 Å². The number of unbranched alkanes of at least 4 members (excludes halogenated alkanes) is 2. The number of hydrogen-bond acceptors (Lipinski definition) is 2. The fraction of sp³-hybridized carbons (Fsp3) is 0.400. The van der Waals surface area contributed by atoms with Gasteiger partial charge in [0, 0.05) is 18.3 Å². The minimum Gasteiger partial charge on any atom is -0.508 e. The molecule has 1 heterocycles. The Balaban J connectivity index is 2.11. The predicted octanol–water partition coefficient (Wildman–Crippen LogP) is 3.75. The molecule has 2 aromatic rings. The summed E-state index contributed by atoms with van der Waals surface area (Å²) in [5.74, 6) is 0.339. The van der Waals surface area contributed by atoms with Gasteiger partial charge in [0.1, 0.15) is 5.75 Å². The molecule has 2 rings (SSSR count). The zero-order chi connectivity index (χ0) is 13.0. The lowest BCUT2D eigenvalue weighted by molar-refractivity contribution is 0.471. The van der Waals surface area contributed by atoms with Gasteiger partial charge in [0.05, 0.1) is 6.20 Å². The third-order valence-electron chi connectivity index (χ3n) is 3.17. The van der Waals surface area contributed by atoms with Gasteiger partial charge in [0.25, 0.3) is 0 Å². The van der Waals surface area contributed by atoms with Crippen LogP contribution in [0.5, 0.6) is 5.75 Å². The summed E-state index contributed by atoms with van der Waals surface area (Å²) in [7, 11) is 0. The Morgan fingerprint density at radius 2 is 2.06 bits per heavy atom. The van der Waals surface area contributed by atoms with E-state index in [1.807, 2.05) is 36.1 Å². The second-order valence-electron chi connectivity index (χ2n) is 4.70. The number of aryl methyl sites for hydroxylation is 2. The van der Waals surface area contributed by atoms with Crippen molar-refractivity contribution in [2.45, 2.75) is 39.7 Å². The van der Waals surface area contributed by atoms with Crippen LogP contribution in [0.4, 0.5) is 0 Å². The highest BCUT2D eigenvalue weighted by atomic mass is 16.3. The second kappa shape index (κ2) is 5.71. The third-order valence-corrected chi connectivity index (χ3v) is 3.17. The highest BCUT2D eigenvalue weighted by molar-refractivity contribution is 5.64. The molecule has 0 aliphatic heterocycles. The molecule has 0 atom stereocenters. The van der Waals surface area contributed by atoms with Crippen LogP contribution in [0.25, 0.3) is 11.1 Å². The Morgan fingerprint density at radius 1 is 1.22 bits per heavy atom. The lowest BCUT2D eigenvalue weighted by Crippen LogP contribution is -1.97. The first-order chi connectivity index (χ1) is 8.70. The molecule has 0 saturated heterocycles. The molecule has 1 aromatic carbocycles. The van der Waals surface area contributed by atoms with Crippen LogP contribution in [-0.2, 0) is 6.54 Å². The van der Waals surface area contributed by atoms with E-state index in [1.165, 1.54) is 12.8 Å². The lowest BCUT2D eigenvalue weighted by Gasteiger charge is -2.02. The van der Waals surface area contributed by atoms with Gasteiger partial charge < -0.3 is 5.11 Å². The number of nitrogens with zero attached hydrogens (tertiary/aromatic N) is 2. The number of phenols is 1. The van der Waals surface area contributed by atoms with E-state index in [1.54, 1.807) is 6.07 Å². The number of hydrogen-bond donors (Lipinski definition) is 1.